The smallest absolute Gasteiger partial charge is 0.316 e. The Kier molecular flexibility index (Phi) is 4.40. The predicted molar refractivity (Wildman–Crippen MR) is 51.9 cm³/mol. The first-order chi connectivity index (χ1) is 7.27. The number of aldehydes is 1. The summed E-state index contributed by atoms with van der Waals surface area (Å²) in [5.74, 6) is -1.27. The zero-order valence-electron chi connectivity index (χ0n) is 8.42. The maximum atomic E-state index is 11.3. The number of carbonyl (C=O) groups is 2. The monoisotopic (exact) mass is 208 g/mol. The van der Waals surface area contributed by atoms with Gasteiger partial charge in [0.1, 0.15) is 18.5 Å². The van der Waals surface area contributed by atoms with Crippen LogP contribution < -0.4 is 0 Å². The van der Waals surface area contributed by atoms with Gasteiger partial charge in [0.2, 0.25) is 0 Å². The molecule has 0 spiro atoms. The number of nitrogens with zero attached hydrogens (tertiary/aromatic N) is 2. The second-order valence-electron chi connectivity index (χ2n) is 2.95. The van der Waals surface area contributed by atoms with Crippen molar-refractivity contribution in [1.29, 1.82) is 0 Å². The zero-order valence-corrected chi connectivity index (χ0v) is 8.42. The summed E-state index contributed by atoms with van der Waals surface area (Å²) in [5, 5.41) is 0. The van der Waals surface area contributed by atoms with Gasteiger partial charge in [0.15, 0.2) is 0 Å². The first-order valence-corrected chi connectivity index (χ1v) is 4.63. The number of carbonyl (C=O) groups excluding carboxylic acids is 2. The van der Waals surface area contributed by atoms with Crippen molar-refractivity contribution in [3.63, 3.8) is 0 Å². The largest absolute Gasteiger partial charge is 0.465 e. The first kappa shape index (κ1) is 11.3. The van der Waals surface area contributed by atoms with Crippen LogP contribution in [0, 0.1) is 5.92 Å². The van der Waals surface area contributed by atoms with Gasteiger partial charge in [0.05, 0.1) is 6.61 Å². The summed E-state index contributed by atoms with van der Waals surface area (Å²) in [6, 6.07) is 0. The Labute approximate surface area is 87.5 Å². The minimum absolute atomic E-state index is 0.272. The van der Waals surface area contributed by atoms with Crippen molar-refractivity contribution in [2.24, 2.45) is 5.92 Å². The van der Waals surface area contributed by atoms with Gasteiger partial charge >= 0.3 is 5.97 Å². The molecule has 80 valence electrons. The third-order valence-electron chi connectivity index (χ3n) is 1.82. The Morgan fingerprint density at radius 2 is 2.20 bits per heavy atom. The molecular formula is C10H12N2O3. The van der Waals surface area contributed by atoms with Crippen LogP contribution in [0.15, 0.2) is 18.7 Å². The third-order valence-corrected chi connectivity index (χ3v) is 1.82. The summed E-state index contributed by atoms with van der Waals surface area (Å²) in [7, 11) is 0. The van der Waals surface area contributed by atoms with Crippen LogP contribution in [0.4, 0.5) is 0 Å². The van der Waals surface area contributed by atoms with E-state index in [0.717, 1.165) is 5.56 Å². The summed E-state index contributed by atoms with van der Waals surface area (Å²) in [6.45, 7) is 1.97. The van der Waals surface area contributed by atoms with Gasteiger partial charge in [0, 0.05) is 12.4 Å². The molecule has 0 aliphatic heterocycles. The van der Waals surface area contributed by atoms with E-state index in [4.69, 9.17) is 4.74 Å². The van der Waals surface area contributed by atoms with E-state index in [9.17, 15) is 9.59 Å². The minimum Gasteiger partial charge on any atom is -0.465 e. The van der Waals surface area contributed by atoms with Crippen molar-refractivity contribution < 1.29 is 14.3 Å². The molecule has 15 heavy (non-hydrogen) atoms. The highest BCUT2D eigenvalue weighted by Crippen LogP contribution is 2.06. The van der Waals surface area contributed by atoms with Crippen LogP contribution in [-0.2, 0) is 20.7 Å². The topological polar surface area (TPSA) is 69.2 Å². The molecular weight excluding hydrogens is 196 g/mol. The van der Waals surface area contributed by atoms with Crippen molar-refractivity contribution in [3.05, 3.63) is 24.3 Å². The van der Waals surface area contributed by atoms with Gasteiger partial charge in [0.25, 0.3) is 0 Å². The fraction of sp³-hybridized carbons (Fsp3) is 0.400. The lowest BCUT2D eigenvalue weighted by Gasteiger charge is -2.08. The highest BCUT2D eigenvalue weighted by Gasteiger charge is 2.19. The van der Waals surface area contributed by atoms with Crippen LogP contribution in [0.5, 0.6) is 0 Å². The maximum Gasteiger partial charge on any atom is 0.316 e. The van der Waals surface area contributed by atoms with Gasteiger partial charge in [-0.3, -0.25) is 4.79 Å². The molecule has 1 aromatic heterocycles. The van der Waals surface area contributed by atoms with E-state index >= 15 is 0 Å². The van der Waals surface area contributed by atoms with Crippen LogP contribution in [-0.4, -0.2) is 28.8 Å². The van der Waals surface area contributed by atoms with Crippen molar-refractivity contribution in [2.75, 3.05) is 6.61 Å². The lowest BCUT2D eigenvalue weighted by atomic mass is 10.0. The molecule has 1 aromatic rings. The third kappa shape index (κ3) is 3.46. The fourth-order valence-electron chi connectivity index (χ4n) is 1.13. The van der Waals surface area contributed by atoms with E-state index in [1.54, 1.807) is 19.3 Å². The molecule has 0 saturated heterocycles. The molecule has 0 N–H and O–H groups in total. The van der Waals surface area contributed by atoms with Crippen molar-refractivity contribution in [1.82, 2.24) is 9.97 Å². The Hall–Kier alpha value is -1.78. The molecule has 1 atom stereocenters. The number of ether oxygens (including phenoxy) is 1. The summed E-state index contributed by atoms with van der Waals surface area (Å²) in [5.41, 5.74) is 0.739. The highest BCUT2D eigenvalue weighted by molar-refractivity contribution is 5.88. The number of aromatic nitrogens is 2. The molecule has 0 bridgehead atoms. The number of esters is 1. The summed E-state index contributed by atoms with van der Waals surface area (Å²) in [4.78, 5) is 29.6. The average Bonchev–Trinajstić information content (AvgIpc) is 2.27. The lowest BCUT2D eigenvalue weighted by Crippen LogP contribution is -2.21. The van der Waals surface area contributed by atoms with E-state index in [-0.39, 0.29) is 13.0 Å². The van der Waals surface area contributed by atoms with E-state index in [0.29, 0.717) is 6.29 Å². The Morgan fingerprint density at radius 1 is 1.53 bits per heavy atom. The van der Waals surface area contributed by atoms with Gasteiger partial charge in [-0.2, -0.15) is 0 Å². The fourth-order valence-corrected chi connectivity index (χ4v) is 1.13. The molecule has 0 amide bonds. The predicted octanol–water partition coefficient (Wildman–Crippen LogP) is 0.397. The standard InChI is InChI=1S/C10H12N2O3/c1-2-15-10(14)9(6-13)3-8-4-11-7-12-5-8/h4-7,9H,2-3H2,1H3. The lowest BCUT2D eigenvalue weighted by molar-refractivity contribution is -0.149. The normalized spacial score (nSPS) is 11.8. The molecule has 5 heteroatoms. The molecule has 1 rings (SSSR count). The van der Waals surface area contributed by atoms with Gasteiger partial charge in [-0.25, -0.2) is 9.97 Å². The number of hydrogen-bond donors (Lipinski definition) is 0. The average molecular weight is 208 g/mol. The van der Waals surface area contributed by atoms with Gasteiger partial charge in [-0.1, -0.05) is 0 Å². The van der Waals surface area contributed by atoms with Gasteiger partial charge in [-0.05, 0) is 18.9 Å². The molecule has 1 heterocycles. The summed E-state index contributed by atoms with van der Waals surface area (Å²) >= 11 is 0. The second kappa shape index (κ2) is 5.85. The van der Waals surface area contributed by atoms with Crippen molar-refractivity contribution in [2.45, 2.75) is 13.3 Å². The maximum absolute atomic E-state index is 11.3. The molecule has 1 unspecified atom stereocenters. The first-order valence-electron chi connectivity index (χ1n) is 4.63. The van der Waals surface area contributed by atoms with Gasteiger partial charge < -0.3 is 9.53 Å². The summed E-state index contributed by atoms with van der Waals surface area (Å²) in [6.07, 6.45) is 5.41. The molecule has 0 aliphatic carbocycles. The van der Waals surface area contributed by atoms with Crippen LogP contribution in [0.3, 0.4) is 0 Å². The molecule has 0 radical (unpaired) electrons. The Bertz CT molecular complexity index is 327. The Balaban J connectivity index is 2.62. The van der Waals surface area contributed by atoms with Crippen LogP contribution in [0.2, 0.25) is 0 Å². The minimum atomic E-state index is -0.768. The molecule has 0 aromatic carbocycles. The molecule has 5 nitrogen and oxygen atoms in total. The molecule has 0 fully saturated rings. The van der Waals surface area contributed by atoms with E-state index < -0.39 is 11.9 Å². The van der Waals surface area contributed by atoms with Crippen molar-refractivity contribution in [3.8, 4) is 0 Å². The van der Waals surface area contributed by atoms with Crippen molar-refractivity contribution >= 4 is 12.3 Å². The van der Waals surface area contributed by atoms with Crippen LogP contribution in [0.25, 0.3) is 0 Å². The summed E-state index contributed by atoms with van der Waals surface area (Å²) < 4.78 is 4.76. The SMILES string of the molecule is CCOC(=O)C(C=O)Cc1cncnc1. The van der Waals surface area contributed by atoms with E-state index in [1.807, 2.05) is 0 Å². The van der Waals surface area contributed by atoms with Crippen LogP contribution >= 0.6 is 0 Å². The van der Waals surface area contributed by atoms with E-state index in [2.05, 4.69) is 9.97 Å². The highest BCUT2D eigenvalue weighted by atomic mass is 16.5. The Morgan fingerprint density at radius 3 is 2.73 bits per heavy atom. The molecule has 0 saturated carbocycles. The number of hydrogen-bond acceptors (Lipinski definition) is 5. The quantitative estimate of drug-likeness (QED) is 0.398. The van der Waals surface area contributed by atoms with E-state index in [1.165, 1.54) is 6.33 Å². The molecule has 0 aliphatic rings. The van der Waals surface area contributed by atoms with Gasteiger partial charge in [-0.15, -0.1) is 0 Å². The number of rotatable bonds is 5. The second-order valence-corrected chi connectivity index (χ2v) is 2.95. The van der Waals surface area contributed by atoms with Crippen LogP contribution in [0.1, 0.15) is 12.5 Å². The zero-order chi connectivity index (χ0) is 11.1.